The van der Waals surface area contributed by atoms with Crippen molar-refractivity contribution >= 4 is 28.6 Å². The summed E-state index contributed by atoms with van der Waals surface area (Å²) >= 11 is 1.23. The molecule has 1 N–H and O–H groups in total. The van der Waals surface area contributed by atoms with E-state index in [1.807, 2.05) is 56.3 Å². The highest BCUT2D eigenvalue weighted by Gasteiger charge is 2.16. The third kappa shape index (κ3) is 4.16. The van der Waals surface area contributed by atoms with Gasteiger partial charge in [0.05, 0.1) is 34.6 Å². The van der Waals surface area contributed by atoms with Gasteiger partial charge in [0, 0.05) is 0 Å². The van der Waals surface area contributed by atoms with Crippen molar-refractivity contribution in [3.05, 3.63) is 88.6 Å². The van der Waals surface area contributed by atoms with E-state index in [1.54, 1.807) is 29.0 Å². The number of aromatic nitrogens is 2. The van der Waals surface area contributed by atoms with Gasteiger partial charge in [0.25, 0.3) is 5.56 Å². The molecule has 4 rings (SSSR count). The Bertz CT molecular complexity index is 1230. The molecule has 0 radical (unpaired) electrons. The molecule has 1 amide bonds. The van der Waals surface area contributed by atoms with Gasteiger partial charge in [-0.3, -0.25) is 14.2 Å². The highest BCUT2D eigenvalue weighted by Crippen LogP contribution is 2.22. The predicted octanol–water partition coefficient (Wildman–Crippen LogP) is 4.26. The van der Waals surface area contributed by atoms with Crippen LogP contribution in [0.1, 0.15) is 24.3 Å². The minimum absolute atomic E-state index is 0.127. The third-order valence-corrected chi connectivity index (χ3v) is 5.66. The van der Waals surface area contributed by atoms with E-state index in [4.69, 9.17) is 4.42 Å². The Morgan fingerprint density at radius 1 is 1.13 bits per heavy atom. The summed E-state index contributed by atoms with van der Waals surface area (Å²) in [6.45, 7) is 3.85. The van der Waals surface area contributed by atoms with Gasteiger partial charge in [-0.25, -0.2) is 4.98 Å². The number of carbonyl (C=O) groups excluding carboxylic acids is 1. The van der Waals surface area contributed by atoms with Crippen molar-refractivity contribution in [3.8, 4) is 5.69 Å². The molecule has 0 aliphatic heterocycles. The second-order valence-corrected chi connectivity index (χ2v) is 7.92. The molecule has 2 aromatic heterocycles. The highest BCUT2D eigenvalue weighted by atomic mass is 32.2. The molecule has 0 aliphatic rings. The summed E-state index contributed by atoms with van der Waals surface area (Å²) in [6.07, 6.45) is 1.58. The molecule has 0 aliphatic carbocycles. The quantitative estimate of drug-likeness (QED) is 0.373. The van der Waals surface area contributed by atoms with Crippen molar-refractivity contribution in [2.24, 2.45) is 0 Å². The molecule has 6 nitrogen and oxygen atoms in total. The largest absolute Gasteiger partial charge is 0.467 e. The Morgan fingerprint density at radius 3 is 2.63 bits per heavy atom. The summed E-state index contributed by atoms with van der Waals surface area (Å²) in [5.74, 6) is 0.650. The third-order valence-electron chi connectivity index (χ3n) is 4.72. The first-order chi connectivity index (χ1) is 14.5. The summed E-state index contributed by atoms with van der Waals surface area (Å²) in [7, 11) is 0. The summed E-state index contributed by atoms with van der Waals surface area (Å²) in [5.41, 5.74) is 2.27. The van der Waals surface area contributed by atoms with E-state index in [9.17, 15) is 9.59 Å². The summed E-state index contributed by atoms with van der Waals surface area (Å²) in [6, 6.07) is 18.3. The second-order valence-electron chi connectivity index (χ2n) is 6.98. The van der Waals surface area contributed by atoms with Crippen LogP contribution in [-0.4, -0.2) is 21.2 Å². The van der Waals surface area contributed by atoms with Crippen LogP contribution < -0.4 is 10.9 Å². The van der Waals surface area contributed by atoms with E-state index >= 15 is 0 Å². The van der Waals surface area contributed by atoms with Crippen LogP contribution >= 0.6 is 11.8 Å². The average molecular weight is 420 g/mol. The van der Waals surface area contributed by atoms with Gasteiger partial charge >= 0.3 is 0 Å². The molecule has 0 spiro atoms. The van der Waals surface area contributed by atoms with E-state index in [0.717, 1.165) is 11.3 Å². The first kappa shape index (κ1) is 20.0. The van der Waals surface area contributed by atoms with Crippen LogP contribution in [0.25, 0.3) is 16.6 Å². The van der Waals surface area contributed by atoms with Gasteiger partial charge in [0.2, 0.25) is 5.91 Å². The molecule has 0 saturated heterocycles. The van der Waals surface area contributed by atoms with Crippen molar-refractivity contribution in [3.63, 3.8) is 0 Å². The van der Waals surface area contributed by atoms with Crippen molar-refractivity contribution in [1.29, 1.82) is 0 Å². The lowest BCUT2D eigenvalue weighted by molar-refractivity contribution is -0.119. The number of furan rings is 1. The maximum absolute atomic E-state index is 13.2. The Kier molecular flexibility index (Phi) is 5.72. The minimum Gasteiger partial charge on any atom is -0.467 e. The predicted molar refractivity (Wildman–Crippen MR) is 118 cm³/mol. The number of aryl methyl sites for hydroxylation is 1. The topological polar surface area (TPSA) is 77.1 Å². The number of carbonyl (C=O) groups is 1. The minimum atomic E-state index is -0.239. The standard InChI is InChI=1S/C23H21N3O3S/c1-15-9-11-17(12-10-15)26-22(28)18-6-3-4-7-19(18)25-23(26)30-14-21(27)24-16(2)20-8-5-13-29-20/h3-13,16H,14H2,1-2H3,(H,24,27). The molecule has 1 atom stereocenters. The van der Waals surface area contributed by atoms with Crippen LogP contribution in [0.15, 0.2) is 81.3 Å². The molecule has 0 bridgehead atoms. The number of rotatable bonds is 6. The molecule has 2 aromatic carbocycles. The van der Waals surface area contributed by atoms with Crippen molar-refractivity contribution in [2.75, 3.05) is 5.75 Å². The van der Waals surface area contributed by atoms with E-state index in [-0.39, 0.29) is 23.3 Å². The van der Waals surface area contributed by atoms with Gasteiger partial charge in [-0.05, 0) is 50.2 Å². The molecule has 7 heteroatoms. The fourth-order valence-corrected chi connectivity index (χ4v) is 3.98. The zero-order valence-corrected chi connectivity index (χ0v) is 17.5. The van der Waals surface area contributed by atoms with Gasteiger partial charge in [0.15, 0.2) is 5.16 Å². The number of para-hydroxylation sites is 1. The molecular weight excluding hydrogens is 398 g/mol. The summed E-state index contributed by atoms with van der Waals surface area (Å²) < 4.78 is 6.90. The van der Waals surface area contributed by atoms with E-state index in [1.165, 1.54) is 11.8 Å². The van der Waals surface area contributed by atoms with E-state index in [0.29, 0.717) is 21.8 Å². The first-order valence-electron chi connectivity index (χ1n) is 9.57. The lowest BCUT2D eigenvalue weighted by Gasteiger charge is -2.14. The number of hydrogen-bond donors (Lipinski definition) is 1. The number of nitrogens with zero attached hydrogens (tertiary/aromatic N) is 2. The van der Waals surface area contributed by atoms with Crippen LogP contribution in [0.2, 0.25) is 0 Å². The normalized spacial score (nSPS) is 12.1. The fourth-order valence-electron chi connectivity index (χ4n) is 3.15. The van der Waals surface area contributed by atoms with Crippen molar-refractivity contribution in [2.45, 2.75) is 25.0 Å². The smallest absolute Gasteiger partial charge is 0.266 e. The average Bonchev–Trinajstić information content (AvgIpc) is 3.28. The Balaban J connectivity index is 1.64. The van der Waals surface area contributed by atoms with Gasteiger partial charge in [0.1, 0.15) is 5.76 Å². The monoisotopic (exact) mass is 419 g/mol. The summed E-state index contributed by atoms with van der Waals surface area (Å²) in [5, 5.41) is 3.92. The molecule has 0 saturated carbocycles. The highest BCUT2D eigenvalue weighted by molar-refractivity contribution is 7.99. The zero-order valence-electron chi connectivity index (χ0n) is 16.7. The van der Waals surface area contributed by atoms with Crippen molar-refractivity contribution in [1.82, 2.24) is 14.9 Å². The van der Waals surface area contributed by atoms with Crippen LogP contribution in [0.5, 0.6) is 0 Å². The van der Waals surface area contributed by atoms with Crippen LogP contribution in [0.4, 0.5) is 0 Å². The lowest BCUT2D eigenvalue weighted by Crippen LogP contribution is -2.28. The number of fused-ring (bicyclic) bond motifs is 1. The Morgan fingerprint density at radius 2 is 1.90 bits per heavy atom. The second kappa shape index (κ2) is 8.59. The van der Waals surface area contributed by atoms with Gasteiger partial charge in [-0.2, -0.15) is 0 Å². The Labute approximate surface area is 177 Å². The maximum Gasteiger partial charge on any atom is 0.266 e. The molecule has 30 heavy (non-hydrogen) atoms. The number of nitrogens with one attached hydrogen (secondary N) is 1. The number of hydrogen-bond acceptors (Lipinski definition) is 5. The van der Waals surface area contributed by atoms with Gasteiger partial charge in [-0.1, -0.05) is 41.6 Å². The molecule has 4 aromatic rings. The van der Waals surface area contributed by atoms with Gasteiger partial charge in [-0.15, -0.1) is 0 Å². The van der Waals surface area contributed by atoms with Crippen molar-refractivity contribution < 1.29 is 9.21 Å². The molecular formula is C23H21N3O3S. The molecule has 1 unspecified atom stereocenters. The van der Waals surface area contributed by atoms with E-state index < -0.39 is 0 Å². The van der Waals surface area contributed by atoms with Crippen LogP contribution in [0, 0.1) is 6.92 Å². The number of thioether (sulfide) groups is 1. The summed E-state index contributed by atoms with van der Waals surface area (Å²) in [4.78, 5) is 30.3. The molecule has 152 valence electrons. The molecule has 2 heterocycles. The first-order valence-corrected chi connectivity index (χ1v) is 10.6. The van der Waals surface area contributed by atoms with Gasteiger partial charge < -0.3 is 9.73 Å². The number of benzene rings is 2. The van der Waals surface area contributed by atoms with Crippen LogP contribution in [0.3, 0.4) is 0 Å². The molecule has 0 fully saturated rings. The SMILES string of the molecule is Cc1ccc(-n2c(SCC(=O)NC(C)c3ccco3)nc3ccccc3c2=O)cc1. The Hall–Kier alpha value is -3.32. The van der Waals surface area contributed by atoms with E-state index in [2.05, 4.69) is 10.3 Å². The zero-order chi connectivity index (χ0) is 21.1. The van der Waals surface area contributed by atoms with Crippen LogP contribution in [-0.2, 0) is 4.79 Å². The maximum atomic E-state index is 13.2. The lowest BCUT2D eigenvalue weighted by atomic mass is 10.2. The fraction of sp³-hybridized carbons (Fsp3) is 0.174. The number of amides is 1.